The van der Waals surface area contributed by atoms with Crippen LogP contribution in [0.15, 0.2) is 18.2 Å². The molecule has 146 valence electrons. The van der Waals surface area contributed by atoms with Crippen molar-refractivity contribution in [3.8, 4) is 11.5 Å². The van der Waals surface area contributed by atoms with Gasteiger partial charge in [0.15, 0.2) is 17.3 Å². The van der Waals surface area contributed by atoms with Crippen molar-refractivity contribution >= 4 is 19.5 Å². The van der Waals surface area contributed by atoms with E-state index in [2.05, 4.69) is 0 Å². The zero-order chi connectivity index (χ0) is 20.3. The van der Waals surface area contributed by atoms with Gasteiger partial charge in [-0.05, 0) is 49.1 Å². The van der Waals surface area contributed by atoms with Crippen molar-refractivity contribution < 1.29 is 28.3 Å². The summed E-state index contributed by atoms with van der Waals surface area (Å²) in [5.74, 6) is -0.184. The van der Waals surface area contributed by atoms with Gasteiger partial charge >= 0.3 is 7.60 Å². The number of methoxy groups -OCH3 is 1. The first-order chi connectivity index (χ1) is 11.8. The van der Waals surface area contributed by atoms with E-state index in [0.29, 0.717) is 11.3 Å². The van der Waals surface area contributed by atoms with Gasteiger partial charge in [0, 0.05) is 19.8 Å². The van der Waals surface area contributed by atoms with Crippen LogP contribution in [0.25, 0.3) is 6.08 Å². The Morgan fingerprint density at radius 2 is 1.62 bits per heavy atom. The maximum Gasteiger partial charge on any atom is 0.343 e. The lowest BCUT2D eigenvalue weighted by Crippen LogP contribution is -2.31. The summed E-state index contributed by atoms with van der Waals surface area (Å²) in [7, 11) is 0.341. The second-order valence-corrected chi connectivity index (χ2v) is 10.3. The molecular formula is C19H29O6P. The Hall–Kier alpha value is -1.62. The molecule has 0 saturated heterocycles. The van der Waals surface area contributed by atoms with E-state index >= 15 is 0 Å². The van der Waals surface area contributed by atoms with E-state index in [1.165, 1.54) is 47.3 Å². The normalized spacial score (nSPS) is 13.2. The number of ketones is 1. The fourth-order valence-corrected chi connectivity index (χ4v) is 3.79. The second-order valence-electron chi connectivity index (χ2n) is 7.49. The summed E-state index contributed by atoms with van der Waals surface area (Å²) in [6, 6.07) is 3.56. The van der Waals surface area contributed by atoms with Crippen LogP contribution in [0.3, 0.4) is 0 Å². The van der Waals surface area contributed by atoms with E-state index in [0.717, 1.165) is 5.56 Å². The van der Waals surface area contributed by atoms with Gasteiger partial charge in [-0.25, -0.2) is 0 Å². The summed E-state index contributed by atoms with van der Waals surface area (Å²) >= 11 is 0. The minimum absolute atomic E-state index is 0.0657. The third kappa shape index (κ3) is 4.37. The first-order valence-electron chi connectivity index (χ1n) is 8.19. The zero-order valence-corrected chi connectivity index (χ0v) is 17.6. The Morgan fingerprint density at radius 1 is 1.08 bits per heavy atom. The first-order valence-corrected chi connectivity index (χ1v) is 9.74. The molecule has 0 atom stereocenters. The van der Waals surface area contributed by atoms with Crippen LogP contribution in [0.1, 0.15) is 45.7 Å². The molecule has 0 unspecified atom stereocenters. The number of aromatic hydroxyl groups is 1. The molecule has 0 aromatic heterocycles. The van der Waals surface area contributed by atoms with Crippen LogP contribution < -0.4 is 4.74 Å². The fourth-order valence-electron chi connectivity index (χ4n) is 2.38. The topological polar surface area (TPSA) is 82.1 Å². The highest BCUT2D eigenvalue weighted by atomic mass is 31.2. The molecule has 0 fully saturated rings. The SMILES string of the molecule is COc1cc(C(C)(C)C)cc(C=CC(=O)C(C)(C)P(=O)(OC)OC)c1O. The van der Waals surface area contributed by atoms with Gasteiger partial charge < -0.3 is 18.9 Å². The van der Waals surface area contributed by atoms with Gasteiger partial charge in [0.05, 0.1) is 7.11 Å². The van der Waals surface area contributed by atoms with Gasteiger partial charge in [0.25, 0.3) is 0 Å². The minimum atomic E-state index is -3.61. The molecule has 0 saturated carbocycles. The van der Waals surface area contributed by atoms with E-state index in [9.17, 15) is 14.5 Å². The van der Waals surface area contributed by atoms with Gasteiger partial charge in [-0.2, -0.15) is 0 Å². The smallest absolute Gasteiger partial charge is 0.343 e. The van der Waals surface area contributed by atoms with Crippen LogP contribution >= 0.6 is 7.60 Å². The molecule has 1 N–H and O–H groups in total. The molecule has 0 heterocycles. The monoisotopic (exact) mass is 384 g/mol. The highest BCUT2D eigenvalue weighted by molar-refractivity contribution is 7.56. The van der Waals surface area contributed by atoms with E-state index in [1.807, 2.05) is 20.8 Å². The molecule has 1 aromatic rings. The largest absolute Gasteiger partial charge is 0.504 e. The molecule has 6 nitrogen and oxygen atoms in total. The number of hydrogen-bond donors (Lipinski definition) is 1. The standard InChI is InChI=1S/C19H29O6P/c1-18(2,3)14-11-13(17(21)15(12-14)23-6)9-10-16(20)19(4,5)26(22,24-7)25-8/h9-12,21H,1-8H3. The van der Waals surface area contributed by atoms with Crippen molar-refractivity contribution in [2.45, 2.75) is 45.2 Å². The number of phenolic OH excluding ortho intramolecular Hbond substituents is 1. The number of carbonyl (C=O) groups is 1. The van der Waals surface area contributed by atoms with Crippen molar-refractivity contribution in [2.75, 3.05) is 21.3 Å². The van der Waals surface area contributed by atoms with Gasteiger partial charge in [0.1, 0.15) is 5.16 Å². The maximum atomic E-state index is 12.6. The molecule has 0 aliphatic carbocycles. The van der Waals surface area contributed by atoms with Gasteiger partial charge in [-0.3, -0.25) is 9.36 Å². The van der Waals surface area contributed by atoms with Gasteiger partial charge in [-0.15, -0.1) is 0 Å². The lowest BCUT2D eigenvalue weighted by atomic mass is 9.85. The molecule has 0 amide bonds. The number of carbonyl (C=O) groups excluding carboxylic acids is 1. The lowest BCUT2D eigenvalue weighted by Gasteiger charge is -2.28. The maximum absolute atomic E-state index is 12.6. The number of allylic oxidation sites excluding steroid dienone is 1. The average Bonchev–Trinajstić information content (AvgIpc) is 2.58. The molecule has 0 aliphatic rings. The third-order valence-electron chi connectivity index (χ3n) is 4.37. The minimum Gasteiger partial charge on any atom is -0.504 e. The molecule has 1 rings (SSSR count). The van der Waals surface area contributed by atoms with Crippen LogP contribution in [0.4, 0.5) is 0 Å². The van der Waals surface area contributed by atoms with Crippen LogP contribution in [0, 0.1) is 0 Å². The summed E-state index contributed by atoms with van der Waals surface area (Å²) in [6.45, 7) is 9.11. The van der Waals surface area contributed by atoms with Gasteiger partial charge in [-0.1, -0.05) is 20.8 Å². The average molecular weight is 384 g/mol. The van der Waals surface area contributed by atoms with Crippen molar-refractivity contribution in [1.29, 1.82) is 0 Å². The zero-order valence-electron chi connectivity index (χ0n) is 16.7. The molecule has 1 aromatic carbocycles. The summed E-state index contributed by atoms with van der Waals surface area (Å²) < 4.78 is 27.8. The molecular weight excluding hydrogens is 355 g/mol. The second kappa shape index (κ2) is 7.95. The van der Waals surface area contributed by atoms with E-state index in [1.54, 1.807) is 12.1 Å². The Kier molecular flexibility index (Phi) is 6.86. The predicted molar refractivity (Wildman–Crippen MR) is 103 cm³/mol. The van der Waals surface area contributed by atoms with Crippen molar-refractivity contribution in [3.05, 3.63) is 29.3 Å². The number of hydrogen-bond acceptors (Lipinski definition) is 6. The number of phenols is 1. The molecule has 26 heavy (non-hydrogen) atoms. The van der Waals surface area contributed by atoms with Crippen molar-refractivity contribution in [3.63, 3.8) is 0 Å². The fraction of sp³-hybridized carbons (Fsp3) is 0.526. The van der Waals surface area contributed by atoms with E-state index in [-0.39, 0.29) is 11.2 Å². The highest BCUT2D eigenvalue weighted by Crippen LogP contribution is 2.59. The summed E-state index contributed by atoms with van der Waals surface area (Å²) in [6.07, 6.45) is 2.75. The Bertz CT molecular complexity index is 735. The quantitative estimate of drug-likeness (QED) is 0.549. The summed E-state index contributed by atoms with van der Waals surface area (Å²) in [5.41, 5.74) is 1.20. The molecule has 0 aliphatic heterocycles. The lowest BCUT2D eigenvalue weighted by molar-refractivity contribution is -0.116. The highest BCUT2D eigenvalue weighted by Gasteiger charge is 2.47. The Morgan fingerprint density at radius 3 is 2.04 bits per heavy atom. The molecule has 0 bridgehead atoms. The number of ether oxygens (including phenoxy) is 1. The first kappa shape index (κ1) is 22.4. The Labute approximate surface area is 155 Å². The van der Waals surface area contributed by atoms with Gasteiger partial charge in [0.2, 0.25) is 0 Å². The van der Waals surface area contributed by atoms with E-state index in [4.69, 9.17) is 13.8 Å². The molecule has 7 heteroatoms. The number of rotatable bonds is 7. The van der Waals surface area contributed by atoms with Crippen molar-refractivity contribution in [1.82, 2.24) is 0 Å². The third-order valence-corrected chi connectivity index (χ3v) is 6.92. The van der Waals surface area contributed by atoms with Crippen molar-refractivity contribution in [2.24, 2.45) is 0 Å². The van der Waals surface area contributed by atoms with Crippen LogP contribution in [0.5, 0.6) is 11.5 Å². The van der Waals surface area contributed by atoms with Crippen LogP contribution in [0.2, 0.25) is 0 Å². The molecule has 0 radical (unpaired) electrons. The predicted octanol–water partition coefficient (Wildman–Crippen LogP) is 4.55. The summed E-state index contributed by atoms with van der Waals surface area (Å²) in [4.78, 5) is 12.6. The Balaban J connectivity index is 3.34. The number of benzene rings is 1. The van der Waals surface area contributed by atoms with Crippen LogP contribution in [-0.2, 0) is 23.8 Å². The van der Waals surface area contributed by atoms with Crippen LogP contribution in [-0.4, -0.2) is 37.4 Å². The van der Waals surface area contributed by atoms with E-state index < -0.39 is 18.5 Å². The molecule has 0 spiro atoms. The summed E-state index contributed by atoms with van der Waals surface area (Å²) in [5, 5.41) is 8.99.